The Hall–Kier alpha value is -1.87. The molecule has 1 aliphatic rings. The number of hydrazine groups is 1. The number of nitrogens with zero attached hydrogens (tertiary/aromatic N) is 1. The molecule has 0 spiro atoms. The molecule has 9 heteroatoms. The van der Waals surface area contributed by atoms with E-state index in [4.69, 9.17) is 9.47 Å². The minimum absolute atomic E-state index is 0.0201. The third kappa shape index (κ3) is 6.14. The normalized spacial score (nSPS) is 19.7. The lowest BCUT2D eigenvalue weighted by atomic mass is 9.93. The van der Waals surface area contributed by atoms with Crippen molar-refractivity contribution in [3.63, 3.8) is 0 Å². The molecule has 1 aliphatic carbocycles. The topological polar surface area (TPSA) is 98.7 Å². The number of halogens is 1. The zero-order valence-electron chi connectivity index (χ0n) is 14.9. The van der Waals surface area contributed by atoms with Crippen LogP contribution in [-0.2, 0) is 21.4 Å². The number of ether oxygens (including phenoxy) is 2. The number of amides is 1. The average Bonchev–Trinajstić information content (AvgIpc) is 2.59. The molecule has 1 saturated carbocycles. The van der Waals surface area contributed by atoms with Crippen molar-refractivity contribution in [2.45, 2.75) is 51.2 Å². The van der Waals surface area contributed by atoms with Crippen LogP contribution < -0.4 is 21.1 Å². The number of hydrogen-bond donors (Lipinski definition) is 2. The first-order valence-electron chi connectivity index (χ1n) is 8.61. The van der Waals surface area contributed by atoms with Gasteiger partial charge in [0.2, 0.25) is 5.91 Å². The van der Waals surface area contributed by atoms with Gasteiger partial charge in [0.15, 0.2) is 0 Å². The maximum Gasteiger partial charge on any atom is 0.315 e. The van der Waals surface area contributed by atoms with E-state index in [0.717, 1.165) is 30.2 Å². The first-order chi connectivity index (χ1) is 12.4. The summed E-state index contributed by atoms with van der Waals surface area (Å²) in [5.74, 6) is -0.401. The quantitative estimate of drug-likeness (QED) is 0.386. The molecule has 2 N–H and O–H groups in total. The van der Waals surface area contributed by atoms with Crippen LogP contribution in [0.4, 0.5) is 0 Å². The van der Waals surface area contributed by atoms with Crippen LogP contribution in [0.15, 0.2) is 21.5 Å². The molecule has 0 bridgehead atoms. The number of aromatic nitrogens is 1. The predicted octanol–water partition coefficient (Wildman–Crippen LogP) is 1.41. The zero-order valence-corrected chi connectivity index (χ0v) is 16.5. The summed E-state index contributed by atoms with van der Waals surface area (Å²) >= 11 is 3.41. The molecule has 0 unspecified atom stereocenters. The smallest absolute Gasteiger partial charge is 0.315 e. The van der Waals surface area contributed by atoms with Gasteiger partial charge in [-0.15, -0.1) is 0 Å². The SMILES string of the molecule is CCOC(=O)CC(=O)NN[C@H]1CC[C@H](Oc2cc(=O)n(C)cc2Br)CC1. The number of esters is 1. The second-order valence-electron chi connectivity index (χ2n) is 6.20. The van der Waals surface area contributed by atoms with Crippen LogP contribution in [0, 0.1) is 0 Å². The van der Waals surface area contributed by atoms with Crippen LogP contribution in [0.25, 0.3) is 0 Å². The Morgan fingerprint density at radius 1 is 1.31 bits per heavy atom. The van der Waals surface area contributed by atoms with Crippen LogP contribution in [-0.4, -0.2) is 35.2 Å². The number of hydrogen-bond acceptors (Lipinski definition) is 6. The molecule has 8 nitrogen and oxygen atoms in total. The van der Waals surface area contributed by atoms with Crippen molar-refractivity contribution in [3.05, 3.63) is 27.1 Å². The molecule has 1 fully saturated rings. The van der Waals surface area contributed by atoms with Crippen LogP contribution in [0.2, 0.25) is 0 Å². The lowest BCUT2D eigenvalue weighted by Crippen LogP contribution is -2.47. The number of nitrogens with one attached hydrogen (secondary N) is 2. The van der Waals surface area contributed by atoms with Gasteiger partial charge in [0, 0.05) is 25.4 Å². The monoisotopic (exact) mass is 429 g/mol. The molecule has 0 radical (unpaired) electrons. The van der Waals surface area contributed by atoms with Crippen molar-refractivity contribution >= 4 is 27.8 Å². The van der Waals surface area contributed by atoms with Crippen LogP contribution in [0.5, 0.6) is 5.75 Å². The summed E-state index contributed by atoms with van der Waals surface area (Å²) in [5, 5.41) is 0. The molecule has 0 saturated heterocycles. The Morgan fingerprint density at radius 2 is 2.00 bits per heavy atom. The van der Waals surface area contributed by atoms with E-state index < -0.39 is 11.9 Å². The summed E-state index contributed by atoms with van der Waals surface area (Å²) in [7, 11) is 1.68. The van der Waals surface area contributed by atoms with Gasteiger partial charge in [-0.05, 0) is 48.5 Å². The molecule has 26 heavy (non-hydrogen) atoms. The largest absolute Gasteiger partial charge is 0.489 e. The second kappa shape index (κ2) is 9.72. The Morgan fingerprint density at radius 3 is 2.65 bits per heavy atom. The van der Waals surface area contributed by atoms with Gasteiger partial charge in [-0.25, -0.2) is 5.43 Å². The first kappa shape index (κ1) is 20.4. The van der Waals surface area contributed by atoms with Gasteiger partial charge < -0.3 is 14.0 Å². The number of aryl methyl sites for hydroxylation is 1. The Bertz CT molecular complexity index is 698. The van der Waals surface area contributed by atoms with E-state index in [0.29, 0.717) is 5.75 Å². The van der Waals surface area contributed by atoms with Gasteiger partial charge >= 0.3 is 5.97 Å². The number of carbonyl (C=O) groups is 2. The lowest BCUT2D eigenvalue weighted by molar-refractivity contribution is -0.146. The molecule has 1 aromatic heterocycles. The maximum absolute atomic E-state index is 11.7. The van der Waals surface area contributed by atoms with Gasteiger partial charge in [-0.3, -0.25) is 19.8 Å². The molecule has 1 aromatic rings. The maximum atomic E-state index is 11.7. The highest BCUT2D eigenvalue weighted by Crippen LogP contribution is 2.28. The van der Waals surface area contributed by atoms with Crippen LogP contribution >= 0.6 is 15.9 Å². The Kier molecular flexibility index (Phi) is 7.65. The molecule has 0 aromatic carbocycles. The minimum Gasteiger partial charge on any atom is -0.489 e. The van der Waals surface area contributed by atoms with E-state index in [1.807, 2.05) is 0 Å². The fourth-order valence-electron chi connectivity index (χ4n) is 2.74. The van der Waals surface area contributed by atoms with Gasteiger partial charge in [-0.2, -0.15) is 0 Å². The Balaban J connectivity index is 1.74. The van der Waals surface area contributed by atoms with Crippen molar-refractivity contribution in [3.8, 4) is 5.75 Å². The number of pyridine rings is 1. The summed E-state index contributed by atoms with van der Waals surface area (Å²) in [5.41, 5.74) is 5.38. The number of rotatable bonds is 7. The predicted molar refractivity (Wildman–Crippen MR) is 98.6 cm³/mol. The van der Waals surface area contributed by atoms with Gasteiger partial charge in [0.1, 0.15) is 12.2 Å². The van der Waals surface area contributed by atoms with Crippen LogP contribution in [0.3, 0.4) is 0 Å². The summed E-state index contributed by atoms with van der Waals surface area (Å²) in [6, 6.07) is 1.59. The second-order valence-corrected chi connectivity index (χ2v) is 7.05. The van der Waals surface area contributed by atoms with Crippen molar-refractivity contribution in [1.82, 2.24) is 15.4 Å². The van der Waals surface area contributed by atoms with Crippen LogP contribution in [0.1, 0.15) is 39.0 Å². The summed E-state index contributed by atoms with van der Waals surface area (Å²) in [6.07, 6.45) is 4.63. The van der Waals surface area contributed by atoms with Gasteiger partial charge in [0.25, 0.3) is 5.56 Å². The first-order valence-corrected chi connectivity index (χ1v) is 9.41. The van der Waals surface area contributed by atoms with Gasteiger partial charge in [-0.1, -0.05) is 0 Å². The molecule has 0 atom stereocenters. The standard InChI is InChI=1S/C17H24BrN3O5/c1-3-25-17(24)9-15(22)20-19-11-4-6-12(7-5-11)26-14-8-16(23)21(2)10-13(14)18/h8,10-12,19H,3-7,9H2,1-2H3,(H,20,22)/t11-,12-. The molecule has 2 rings (SSSR count). The van der Waals surface area contributed by atoms with E-state index in [-0.39, 0.29) is 30.7 Å². The van der Waals surface area contributed by atoms with Crippen molar-refractivity contribution < 1.29 is 19.1 Å². The lowest BCUT2D eigenvalue weighted by Gasteiger charge is -2.29. The molecular formula is C17H24BrN3O5. The number of carbonyl (C=O) groups excluding carboxylic acids is 2. The Labute approximate surface area is 160 Å². The van der Waals surface area contributed by atoms with E-state index in [2.05, 4.69) is 26.8 Å². The summed E-state index contributed by atoms with van der Waals surface area (Å²) in [4.78, 5) is 34.6. The van der Waals surface area contributed by atoms with E-state index in [9.17, 15) is 14.4 Å². The van der Waals surface area contributed by atoms with Crippen molar-refractivity contribution in [2.24, 2.45) is 7.05 Å². The van der Waals surface area contributed by atoms with E-state index in [1.165, 1.54) is 10.6 Å². The molecule has 1 heterocycles. The highest BCUT2D eigenvalue weighted by molar-refractivity contribution is 9.10. The zero-order chi connectivity index (χ0) is 19.1. The van der Waals surface area contributed by atoms with Gasteiger partial charge in [0.05, 0.1) is 17.2 Å². The molecular weight excluding hydrogens is 406 g/mol. The molecule has 144 valence electrons. The fourth-order valence-corrected chi connectivity index (χ4v) is 3.26. The average molecular weight is 430 g/mol. The third-order valence-corrected chi connectivity index (χ3v) is 4.73. The fraction of sp³-hybridized carbons (Fsp3) is 0.588. The van der Waals surface area contributed by atoms with E-state index >= 15 is 0 Å². The molecule has 0 aliphatic heterocycles. The highest BCUT2D eigenvalue weighted by Gasteiger charge is 2.23. The third-order valence-electron chi connectivity index (χ3n) is 4.14. The minimum atomic E-state index is -0.538. The summed E-state index contributed by atoms with van der Waals surface area (Å²) in [6.45, 7) is 1.95. The highest BCUT2D eigenvalue weighted by atomic mass is 79.9. The van der Waals surface area contributed by atoms with Crippen molar-refractivity contribution in [2.75, 3.05) is 6.61 Å². The van der Waals surface area contributed by atoms with Crippen molar-refractivity contribution in [1.29, 1.82) is 0 Å². The summed E-state index contributed by atoms with van der Waals surface area (Å²) < 4.78 is 12.9. The van der Waals surface area contributed by atoms with E-state index in [1.54, 1.807) is 20.2 Å². The molecule has 1 amide bonds.